The summed E-state index contributed by atoms with van der Waals surface area (Å²) >= 11 is 1.50. The molecule has 1 saturated heterocycles. The van der Waals surface area contributed by atoms with Crippen LogP contribution in [-0.4, -0.2) is 28.9 Å². The van der Waals surface area contributed by atoms with E-state index in [1.165, 1.54) is 23.3 Å². The lowest BCUT2D eigenvalue weighted by Crippen LogP contribution is -2.38. The van der Waals surface area contributed by atoms with E-state index in [0.29, 0.717) is 10.7 Å². The summed E-state index contributed by atoms with van der Waals surface area (Å²) in [5, 5.41) is 5.66. The summed E-state index contributed by atoms with van der Waals surface area (Å²) in [6.45, 7) is 11.8. The molecule has 2 heterocycles. The maximum atomic E-state index is 12.4. The van der Waals surface area contributed by atoms with E-state index in [1.54, 1.807) is 0 Å². The molecule has 1 aliphatic heterocycles. The average Bonchev–Trinajstić information content (AvgIpc) is 2.95. The molecule has 2 aromatic rings. The van der Waals surface area contributed by atoms with Crippen LogP contribution in [0, 0.1) is 25.7 Å². The number of piperidine rings is 1. The fourth-order valence-corrected chi connectivity index (χ4v) is 4.34. The number of likely N-dealkylation sites (tertiary alicyclic amines) is 1. The Bertz CT molecular complexity index is 745. The van der Waals surface area contributed by atoms with Gasteiger partial charge in [0.05, 0.1) is 5.69 Å². The second-order valence-corrected chi connectivity index (χ2v) is 8.40. The molecule has 4 nitrogen and oxygen atoms in total. The number of carbonyl (C=O) groups is 1. The van der Waals surface area contributed by atoms with Gasteiger partial charge in [-0.3, -0.25) is 15.0 Å². The highest BCUT2D eigenvalue weighted by molar-refractivity contribution is 7.13. The van der Waals surface area contributed by atoms with Crippen molar-refractivity contribution in [1.29, 1.82) is 0 Å². The molecule has 1 fully saturated rings. The minimum Gasteiger partial charge on any atom is -0.298 e. The van der Waals surface area contributed by atoms with Gasteiger partial charge in [-0.2, -0.15) is 0 Å². The number of thiazole rings is 1. The molecule has 1 aliphatic rings. The summed E-state index contributed by atoms with van der Waals surface area (Å²) in [4.78, 5) is 19.5. The summed E-state index contributed by atoms with van der Waals surface area (Å²) in [6, 6.07) is 5.77. The summed E-state index contributed by atoms with van der Waals surface area (Å²) in [5.41, 5.74) is 4.04. The molecule has 0 saturated carbocycles. The molecular weight excluding hydrogens is 330 g/mol. The number of aryl methyl sites for hydroxylation is 2. The van der Waals surface area contributed by atoms with Crippen LogP contribution in [-0.2, 0) is 6.54 Å². The third-order valence-electron chi connectivity index (χ3n) is 4.87. The SMILES string of the molecule is Cc1ccc(C(=O)Nc2nc(CN3C[C@@H](C)C[C@H](C)C3)cs2)cc1C. The van der Waals surface area contributed by atoms with Gasteiger partial charge in [-0.15, -0.1) is 11.3 Å². The lowest BCUT2D eigenvalue weighted by molar-refractivity contribution is 0.102. The first-order valence-corrected chi connectivity index (χ1v) is 9.84. The van der Waals surface area contributed by atoms with E-state index in [2.05, 4.69) is 34.4 Å². The van der Waals surface area contributed by atoms with Crippen molar-refractivity contribution in [2.24, 2.45) is 11.8 Å². The summed E-state index contributed by atoms with van der Waals surface area (Å²) < 4.78 is 0. The first-order valence-electron chi connectivity index (χ1n) is 8.96. The fourth-order valence-electron chi connectivity index (χ4n) is 3.64. The standard InChI is InChI=1S/C20H27N3OS/c1-13-7-14(2)10-23(9-13)11-18-12-25-20(21-18)22-19(24)17-6-5-15(3)16(4)8-17/h5-6,8,12-14H,7,9-11H2,1-4H3,(H,21,22,24)/t13-,14-/m0/s1. The van der Waals surface area contributed by atoms with Gasteiger partial charge in [0.1, 0.15) is 0 Å². The molecule has 1 aromatic carbocycles. The normalized spacial score (nSPS) is 21.3. The van der Waals surface area contributed by atoms with Gasteiger partial charge in [0.25, 0.3) is 5.91 Å². The molecule has 0 spiro atoms. The van der Waals surface area contributed by atoms with Crippen LogP contribution in [0.15, 0.2) is 23.6 Å². The van der Waals surface area contributed by atoms with E-state index in [4.69, 9.17) is 0 Å². The number of hydrogen-bond acceptors (Lipinski definition) is 4. The van der Waals surface area contributed by atoms with Crippen molar-refractivity contribution >= 4 is 22.4 Å². The number of anilines is 1. The molecule has 1 N–H and O–H groups in total. The van der Waals surface area contributed by atoms with Crippen molar-refractivity contribution in [2.75, 3.05) is 18.4 Å². The van der Waals surface area contributed by atoms with Crippen molar-refractivity contribution in [2.45, 2.75) is 40.7 Å². The molecule has 0 bridgehead atoms. The van der Waals surface area contributed by atoms with Crippen LogP contribution < -0.4 is 5.32 Å². The van der Waals surface area contributed by atoms with E-state index in [1.807, 2.05) is 32.0 Å². The molecule has 1 aromatic heterocycles. The Morgan fingerprint density at radius 2 is 1.96 bits per heavy atom. The van der Waals surface area contributed by atoms with E-state index < -0.39 is 0 Å². The predicted molar refractivity (Wildman–Crippen MR) is 104 cm³/mol. The van der Waals surface area contributed by atoms with Crippen molar-refractivity contribution in [3.8, 4) is 0 Å². The number of carbonyl (C=O) groups excluding carboxylic acids is 1. The van der Waals surface area contributed by atoms with Gasteiger partial charge in [-0.25, -0.2) is 4.98 Å². The zero-order valence-electron chi connectivity index (χ0n) is 15.5. The predicted octanol–water partition coefficient (Wildman–Crippen LogP) is 4.49. The maximum absolute atomic E-state index is 12.4. The molecule has 3 rings (SSSR count). The van der Waals surface area contributed by atoms with Gasteiger partial charge in [-0.05, 0) is 55.4 Å². The van der Waals surface area contributed by atoms with E-state index in [-0.39, 0.29) is 5.91 Å². The third-order valence-corrected chi connectivity index (χ3v) is 5.68. The molecule has 0 aliphatic carbocycles. The van der Waals surface area contributed by atoms with Gasteiger partial charge in [0, 0.05) is 30.6 Å². The number of nitrogens with one attached hydrogen (secondary N) is 1. The Labute approximate surface area is 154 Å². The first-order chi connectivity index (χ1) is 11.9. The largest absolute Gasteiger partial charge is 0.298 e. The number of amides is 1. The van der Waals surface area contributed by atoms with Gasteiger partial charge < -0.3 is 0 Å². The van der Waals surface area contributed by atoms with Crippen LogP contribution in [0.5, 0.6) is 0 Å². The van der Waals surface area contributed by atoms with Gasteiger partial charge in [-0.1, -0.05) is 19.9 Å². The average molecular weight is 358 g/mol. The summed E-state index contributed by atoms with van der Waals surface area (Å²) in [5.74, 6) is 1.39. The molecule has 1 amide bonds. The van der Waals surface area contributed by atoms with E-state index in [0.717, 1.165) is 42.7 Å². The summed E-state index contributed by atoms with van der Waals surface area (Å²) in [6.07, 6.45) is 1.31. The number of nitrogens with zero attached hydrogens (tertiary/aromatic N) is 2. The quantitative estimate of drug-likeness (QED) is 0.877. The highest BCUT2D eigenvalue weighted by Crippen LogP contribution is 2.24. The Morgan fingerprint density at radius 1 is 1.24 bits per heavy atom. The minimum atomic E-state index is -0.0933. The van der Waals surface area contributed by atoms with Gasteiger partial charge >= 0.3 is 0 Å². The topological polar surface area (TPSA) is 45.2 Å². The smallest absolute Gasteiger partial charge is 0.257 e. The lowest BCUT2D eigenvalue weighted by Gasteiger charge is -2.34. The Morgan fingerprint density at radius 3 is 2.64 bits per heavy atom. The number of rotatable bonds is 4. The molecule has 134 valence electrons. The van der Waals surface area contributed by atoms with Crippen LogP contribution in [0.3, 0.4) is 0 Å². The fraction of sp³-hybridized carbons (Fsp3) is 0.500. The number of benzene rings is 1. The van der Waals surface area contributed by atoms with E-state index >= 15 is 0 Å². The first kappa shape index (κ1) is 18.1. The monoisotopic (exact) mass is 357 g/mol. The summed E-state index contributed by atoms with van der Waals surface area (Å²) in [7, 11) is 0. The van der Waals surface area contributed by atoms with Gasteiger partial charge in [0.2, 0.25) is 0 Å². The second kappa shape index (κ2) is 7.67. The number of hydrogen-bond donors (Lipinski definition) is 1. The van der Waals surface area contributed by atoms with Crippen molar-refractivity contribution < 1.29 is 4.79 Å². The van der Waals surface area contributed by atoms with Gasteiger partial charge in [0.15, 0.2) is 5.13 Å². The van der Waals surface area contributed by atoms with Crippen LogP contribution in [0.4, 0.5) is 5.13 Å². The molecular formula is C20H27N3OS. The van der Waals surface area contributed by atoms with E-state index in [9.17, 15) is 4.79 Å². The van der Waals surface area contributed by atoms with Crippen molar-refractivity contribution in [3.63, 3.8) is 0 Å². The molecule has 0 radical (unpaired) electrons. The molecule has 25 heavy (non-hydrogen) atoms. The molecule has 5 heteroatoms. The van der Waals surface area contributed by atoms with Crippen molar-refractivity contribution in [1.82, 2.24) is 9.88 Å². The Hall–Kier alpha value is -1.72. The second-order valence-electron chi connectivity index (χ2n) is 7.54. The maximum Gasteiger partial charge on any atom is 0.257 e. The van der Waals surface area contributed by atoms with Crippen molar-refractivity contribution in [3.05, 3.63) is 46.0 Å². The third kappa shape index (κ3) is 4.67. The van der Waals surface area contributed by atoms with Crippen LogP contribution in [0.1, 0.15) is 47.4 Å². The highest BCUT2D eigenvalue weighted by atomic mass is 32.1. The van der Waals surface area contributed by atoms with Crippen LogP contribution >= 0.6 is 11.3 Å². The zero-order chi connectivity index (χ0) is 18.0. The molecule has 0 unspecified atom stereocenters. The minimum absolute atomic E-state index is 0.0933. The van der Waals surface area contributed by atoms with Crippen LogP contribution in [0.25, 0.3) is 0 Å². The Kier molecular flexibility index (Phi) is 5.54. The van der Waals surface area contributed by atoms with Crippen LogP contribution in [0.2, 0.25) is 0 Å². The number of aromatic nitrogens is 1. The lowest BCUT2D eigenvalue weighted by atomic mass is 9.92. The molecule has 2 atom stereocenters. The highest BCUT2D eigenvalue weighted by Gasteiger charge is 2.22. The zero-order valence-corrected chi connectivity index (χ0v) is 16.3. The Balaban J connectivity index is 1.61.